The largest absolute Gasteiger partial charge is 0.0654 e. The smallest absolute Gasteiger partial charge is 0.0412 e. The van der Waals surface area contributed by atoms with Gasteiger partial charge in [-0.05, 0) is 30.6 Å². The number of rotatable bonds is 6. The Labute approximate surface area is 104 Å². The number of unbranched alkanes of at least 4 members (excludes halogenated alkanes) is 1. The van der Waals surface area contributed by atoms with Gasteiger partial charge in [-0.15, -0.1) is 0 Å². The third-order valence-corrected chi connectivity index (χ3v) is 4.17. The average Bonchev–Trinajstić information content (AvgIpc) is 2.27. The highest BCUT2D eigenvalue weighted by Gasteiger charge is 2.22. The molecule has 0 amide bonds. The summed E-state index contributed by atoms with van der Waals surface area (Å²) in [6.45, 7) is 11.5. The summed E-state index contributed by atoms with van der Waals surface area (Å²) < 4.78 is 0. The van der Waals surface area contributed by atoms with E-state index < -0.39 is 0 Å². The molecular formula is C16H34. The van der Waals surface area contributed by atoms with E-state index in [9.17, 15) is 0 Å². The fourth-order valence-corrected chi connectivity index (χ4v) is 2.59. The zero-order chi connectivity index (χ0) is 12.4. The summed E-state index contributed by atoms with van der Waals surface area (Å²) in [4.78, 5) is 0. The molecule has 0 heterocycles. The molecule has 0 aliphatic heterocycles. The van der Waals surface area contributed by atoms with Crippen LogP contribution in [0.3, 0.4) is 0 Å². The monoisotopic (exact) mass is 226 g/mol. The van der Waals surface area contributed by atoms with E-state index in [1.54, 1.807) is 0 Å². The first-order chi connectivity index (χ1) is 7.67. The third-order valence-electron chi connectivity index (χ3n) is 4.17. The van der Waals surface area contributed by atoms with Crippen LogP contribution >= 0.6 is 0 Å². The van der Waals surface area contributed by atoms with Crippen LogP contribution in [0.5, 0.6) is 0 Å². The lowest BCUT2D eigenvalue weighted by molar-refractivity contribution is 0.206. The van der Waals surface area contributed by atoms with Crippen molar-refractivity contribution in [3.05, 3.63) is 0 Å². The van der Waals surface area contributed by atoms with Gasteiger partial charge < -0.3 is 0 Å². The minimum absolute atomic E-state index is 1.00. The molecule has 0 saturated heterocycles. The highest BCUT2D eigenvalue weighted by Crippen LogP contribution is 2.34. The van der Waals surface area contributed by atoms with Gasteiger partial charge in [0.05, 0.1) is 0 Å². The standard InChI is InChI=1S/C9H20.C7H14/c1-4-7-8-9(5-2)6-3;1-3-7-4-6(2)5-7/h9H,4-8H2,1-3H3;6-7H,3-5H2,1-2H3. The Morgan fingerprint density at radius 1 is 1.00 bits per heavy atom. The van der Waals surface area contributed by atoms with Crippen LogP contribution in [0.4, 0.5) is 0 Å². The van der Waals surface area contributed by atoms with Gasteiger partial charge in [0.15, 0.2) is 0 Å². The third kappa shape index (κ3) is 7.30. The van der Waals surface area contributed by atoms with Crippen LogP contribution in [0, 0.1) is 17.8 Å². The lowest BCUT2D eigenvalue weighted by Crippen LogP contribution is -2.19. The minimum atomic E-state index is 1.00. The molecule has 0 unspecified atom stereocenters. The molecule has 0 heteroatoms. The Bertz CT molecular complexity index is 129. The van der Waals surface area contributed by atoms with Crippen molar-refractivity contribution in [1.82, 2.24) is 0 Å². The van der Waals surface area contributed by atoms with Crippen LogP contribution in [0.15, 0.2) is 0 Å². The van der Waals surface area contributed by atoms with Gasteiger partial charge in [-0.25, -0.2) is 0 Å². The Morgan fingerprint density at radius 3 is 1.81 bits per heavy atom. The molecule has 1 rings (SSSR count). The van der Waals surface area contributed by atoms with Gasteiger partial charge in [-0.1, -0.05) is 73.1 Å². The molecule has 0 aromatic heterocycles. The van der Waals surface area contributed by atoms with Gasteiger partial charge in [0.1, 0.15) is 0 Å². The maximum absolute atomic E-state index is 2.34. The summed E-state index contributed by atoms with van der Waals surface area (Å²) >= 11 is 0. The van der Waals surface area contributed by atoms with Gasteiger partial charge in [-0.2, -0.15) is 0 Å². The molecule has 0 N–H and O–H groups in total. The van der Waals surface area contributed by atoms with Gasteiger partial charge in [0, 0.05) is 0 Å². The van der Waals surface area contributed by atoms with E-state index in [0.717, 1.165) is 17.8 Å². The van der Waals surface area contributed by atoms with Crippen LogP contribution in [0.25, 0.3) is 0 Å². The van der Waals surface area contributed by atoms with E-state index in [4.69, 9.17) is 0 Å². The average molecular weight is 226 g/mol. The fourth-order valence-electron chi connectivity index (χ4n) is 2.59. The number of hydrogen-bond acceptors (Lipinski definition) is 0. The normalized spacial score (nSPS) is 23.6. The summed E-state index contributed by atoms with van der Waals surface area (Å²) in [6, 6.07) is 0. The lowest BCUT2D eigenvalue weighted by Gasteiger charge is -2.31. The van der Waals surface area contributed by atoms with E-state index in [2.05, 4.69) is 34.6 Å². The summed E-state index contributed by atoms with van der Waals surface area (Å²) in [5.41, 5.74) is 0. The molecule has 1 fully saturated rings. The van der Waals surface area contributed by atoms with Crippen molar-refractivity contribution in [2.45, 2.75) is 86.0 Å². The molecule has 1 aliphatic rings. The lowest BCUT2D eigenvalue weighted by atomic mass is 9.75. The molecule has 1 aliphatic carbocycles. The van der Waals surface area contributed by atoms with Crippen molar-refractivity contribution in [2.24, 2.45) is 17.8 Å². The maximum atomic E-state index is 2.34. The highest BCUT2D eigenvalue weighted by atomic mass is 14.3. The van der Waals surface area contributed by atoms with E-state index in [1.807, 2.05) is 0 Å². The Morgan fingerprint density at radius 2 is 1.56 bits per heavy atom. The first-order valence-corrected chi connectivity index (χ1v) is 7.67. The van der Waals surface area contributed by atoms with Crippen molar-refractivity contribution >= 4 is 0 Å². The van der Waals surface area contributed by atoms with E-state index in [-0.39, 0.29) is 0 Å². The molecule has 0 aromatic carbocycles. The second kappa shape index (κ2) is 10.2. The first-order valence-electron chi connectivity index (χ1n) is 7.67. The van der Waals surface area contributed by atoms with Crippen molar-refractivity contribution < 1.29 is 0 Å². The predicted octanol–water partition coefficient (Wildman–Crippen LogP) is 6.06. The molecule has 0 radical (unpaired) electrons. The minimum Gasteiger partial charge on any atom is -0.0654 e. The highest BCUT2D eigenvalue weighted by molar-refractivity contribution is 4.74. The number of hydrogen-bond donors (Lipinski definition) is 0. The first kappa shape index (κ1) is 16.0. The van der Waals surface area contributed by atoms with Gasteiger partial charge in [-0.3, -0.25) is 0 Å². The predicted molar refractivity (Wildman–Crippen MR) is 75.8 cm³/mol. The topological polar surface area (TPSA) is 0 Å². The van der Waals surface area contributed by atoms with Crippen LogP contribution in [-0.2, 0) is 0 Å². The molecular weight excluding hydrogens is 192 g/mol. The Balaban J connectivity index is 0.000000288. The van der Waals surface area contributed by atoms with Crippen molar-refractivity contribution in [3.8, 4) is 0 Å². The Kier molecular flexibility index (Phi) is 10.2. The summed E-state index contributed by atoms with van der Waals surface area (Å²) in [5.74, 6) is 3.14. The molecule has 0 spiro atoms. The van der Waals surface area contributed by atoms with Crippen LogP contribution in [0.1, 0.15) is 86.0 Å². The van der Waals surface area contributed by atoms with Crippen LogP contribution in [-0.4, -0.2) is 0 Å². The second-order valence-electron chi connectivity index (χ2n) is 5.68. The molecule has 0 atom stereocenters. The molecule has 0 nitrogen and oxygen atoms in total. The zero-order valence-corrected chi connectivity index (χ0v) is 12.4. The summed E-state index contributed by atoms with van der Waals surface area (Å²) in [5, 5.41) is 0. The fraction of sp³-hybridized carbons (Fsp3) is 1.00. The second-order valence-corrected chi connectivity index (χ2v) is 5.68. The molecule has 1 saturated carbocycles. The molecule has 0 bridgehead atoms. The van der Waals surface area contributed by atoms with Crippen LogP contribution in [0.2, 0.25) is 0 Å². The van der Waals surface area contributed by atoms with Crippen molar-refractivity contribution in [2.75, 3.05) is 0 Å². The maximum Gasteiger partial charge on any atom is -0.0412 e. The summed E-state index contributed by atoms with van der Waals surface area (Å²) in [7, 11) is 0. The Hall–Kier alpha value is 0. The van der Waals surface area contributed by atoms with E-state index >= 15 is 0 Å². The summed E-state index contributed by atoms with van der Waals surface area (Å²) in [6.07, 6.45) is 11.4. The van der Waals surface area contributed by atoms with E-state index in [1.165, 1.54) is 51.4 Å². The van der Waals surface area contributed by atoms with Crippen LogP contribution < -0.4 is 0 Å². The molecule has 0 aromatic rings. The van der Waals surface area contributed by atoms with Gasteiger partial charge >= 0.3 is 0 Å². The van der Waals surface area contributed by atoms with Crippen molar-refractivity contribution in [3.63, 3.8) is 0 Å². The van der Waals surface area contributed by atoms with E-state index in [0.29, 0.717) is 0 Å². The van der Waals surface area contributed by atoms with Gasteiger partial charge in [0.2, 0.25) is 0 Å². The van der Waals surface area contributed by atoms with Crippen molar-refractivity contribution in [1.29, 1.82) is 0 Å². The molecule has 16 heavy (non-hydrogen) atoms. The quantitative estimate of drug-likeness (QED) is 0.517. The zero-order valence-electron chi connectivity index (χ0n) is 12.4. The molecule has 98 valence electrons. The van der Waals surface area contributed by atoms with Gasteiger partial charge in [0.25, 0.3) is 0 Å². The SMILES string of the molecule is CCC1CC(C)C1.CCCCC(CC)CC.